The largest absolute Gasteiger partial charge is 0.444 e. The van der Waals surface area contributed by atoms with Crippen LogP contribution in [0.5, 0.6) is 0 Å². The first-order valence-corrected chi connectivity index (χ1v) is 10.2. The number of quaternary nitrogens is 1. The Hall–Kier alpha value is -2.14. The van der Waals surface area contributed by atoms with E-state index in [0.29, 0.717) is 29.7 Å². The van der Waals surface area contributed by atoms with Gasteiger partial charge in [0.05, 0.1) is 19.1 Å². The van der Waals surface area contributed by atoms with Crippen molar-refractivity contribution < 1.29 is 19.2 Å². The van der Waals surface area contributed by atoms with E-state index in [-0.39, 0.29) is 17.6 Å². The first-order chi connectivity index (χ1) is 13.1. The molecule has 3 N–H and O–H groups in total. The van der Waals surface area contributed by atoms with Crippen LogP contribution in [0.1, 0.15) is 40.5 Å². The summed E-state index contributed by atoms with van der Waals surface area (Å²) < 4.78 is 11.1. The van der Waals surface area contributed by atoms with Gasteiger partial charge < -0.3 is 20.1 Å². The Labute approximate surface area is 162 Å². The summed E-state index contributed by atoms with van der Waals surface area (Å²) >= 11 is 1.66. The SMILES string of the molecule is Cc1sc([C@H]2C(C#N)=C(N)OC3=C2C(=O)CCC3)cc1C[NH+]1CCOCC1. The Morgan fingerprint density at radius 1 is 1.37 bits per heavy atom. The van der Waals surface area contributed by atoms with Crippen molar-refractivity contribution in [1.82, 2.24) is 0 Å². The van der Waals surface area contributed by atoms with Gasteiger partial charge in [-0.3, -0.25) is 4.79 Å². The predicted octanol–water partition coefficient (Wildman–Crippen LogP) is 1.29. The van der Waals surface area contributed by atoms with Crippen molar-refractivity contribution in [2.24, 2.45) is 5.73 Å². The van der Waals surface area contributed by atoms with Crippen LogP contribution in [-0.2, 0) is 20.8 Å². The number of morpholine rings is 1. The lowest BCUT2D eigenvalue weighted by molar-refractivity contribution is -0.921. The minimum Gasteiger partial charge on any atom is -0.444 e. The molecule has 4 rings (SSSR count). The number of Topliss-reactive ketones (excluding diaryl/α,β-unsaturated/α-hetero) is 1. The molecule has 0 spiro atoms. The molecule has 6 nitrogen and oxygen atoms in total. The van der Waals surface area contributed by atoms with Crippen molar-refractivity contribution in [1.29, 1.82) is 5.26 Å². The monoisotopic (exact) mass is 386 g/mol. The third-order valence-corrected chi connectivity index (χ3v) is 6.73. The molecular formula is C20H24N3O3S+. The highest BCUT2D eigenvalue weighted by Gasteiger charge is 2.39. The maximum absolute atomic E-state index is 12.7. The summed E-state index contributed by atoms with van der Waals surface area (Å²) in [6.07, 6.45) is 1.98. The number of nitrogens with zero attached hydrogens (tertiary/aromatic N) is 1. The van der Waals surface area contributed by atoms with Gasteiger partial charge in [-0.25, -0.2) is 0 Å². The van der Waals surface area contributed by atoms with E-state index in [1.165, 1.54) is 15.3 Å². The highest BCUT2D eigenvalue weighted by atomic mass is 32.1. The number of nitriles is 1. The Bertz CT molecular complexity index is 872. The van der Waals surface area contributed by atoms with Gasteiger partial charge in [0.1, 0.15) is 37.0 Å². The number of ketones is 1. The lowest BCUT2D eigenvalue weighted by atomic mass is 9.80. The Morgan fingerprint density at radius 3 is 2.89 bits per heavy atom. The standard InChI is InChI=1S/C20H23N3O3S/c1-12-13(11-23-5-7-25-8-6-23)9-17(27-12)18-14(10-21)20(22)26-16-4-2-3-15(24)19(16)18/h9,18H,2-8,11,22H2,1H3/p+1/t18-/m1/s1. The minimum atomic E-state index is -0.385. The molecule has 0 radical (unpaired) electrons. The fraction of sp³-hybridized carbons (Fsp3) is 0.500. The van der Waals surface area contributed by atoms with Crippen molar-refractivity contribution in [3.05, 3.63) is 44.2 Å². The van der Waals surface area contributed by atoms with Gasteiger partial charge in [-0.05, 0) is 19.4 Å². The summed E-state index contributed by atoms with van der Waals surface area (Å²) in [5.74, 6) is 0.484. The zero-order valence-electron chi connectivity index (χ0n) is 15.5. The molecule has 1 fully saturated rings. The zero-order valence-corrected chi connectivity index (χ0v) is 16.3. The normalized spacial score (nSPS) is 23.9. The molecule has 0 amide bonds. The Morgan fingerprint density at radius 2 is 2.15 bits per heavy atom. The molecule has 0 aromatic carbocycles. The van der Waals surface area contributed by atoms with Gasteiger partial charge >= 0.3 is 0 Å². The molecule has 0 bridgehead atoms. The summed E-state index contributed by atoms with van der Waals surface area (Å²) in [6.45, 7) is 6.66. The van der Waals surface area contributed by atoms with Crippen molar-refractivity contribution in [3.8, 4) is 6.07 Å². The molecule has 27 heavy (non-hydrogen) atoms. The van der Waals surface area contributed by atoms with Crippen LogP contribution in [0.4, 0.5) is 0 Å². The van der Waals surface area contributed by atoms with Crippen molar-refractivity contribution in [3.63, 3.8) is 0 Å². The summed E-state index contributed by atoms with van der Waals surface area (Å²) in [4.78, 5) is 16.4. The van der Waals surface area contributed by atoms with Crippen LogP contribution < -0.4 is 10.6 Å². The van der Waals surface area contributed by atoms with E-state index in [2.05, 4.69) is 19.1 Å². The van der Waals surface area contributed by atoms with Crippen LogP contribution in [0.3, 0.4) is 0 Å². The van der Waals surface area contributed by atoms with E-state index in [4.69, 9.17) is 15.2 Å². The molecule has 0 saturated carbocycles. The highest BCUT2D eigenvalue weighted by Crippen LogP contribution is 2.45. The van der Waals surface area contributed by atoms with Gasteiger partial charge in [0.2, 0.25) is 5.88 Å². The third kappa shape index (κ3) is 3.41. The molecule has 0 unspecified atom stereocenters. The summed E-state index contributed by atoms with van der Waals surface area (Å²) in [7, 11) is 0. The third-order valence-electron chi connectivity index (χ3n) is 5.57. The lowest BCUT2D eigenvalue weighted by Crippen LogP contribution is -3.12. The quantitative estimate of drug-likeness (QED) is 0.817. The van der Waals surface area contributed by atoms with Gasteiger partial charge in [-0.15, -0.1) is 11.3 Å². The van der Waals surface area contributed by atoms with Crippen LogP contribution in [0.2, 0.25) is 0 Å². The highest BCUT2D eigenvalue weighted by molar-refractivity contribution is 7.12. The van der Waals surface area contributed by atoms with E-state index in [1.807, 2.05) is 0 Å². The summed E-state index contributed by atoms with van der Waals surface area (Å²) in [5.41, 5.74) is 8.31. The number of thiophene rings is 1. The number of hydrogen-bond acceptors (Lipinski definition) is 6. The van der Waals surface area contributed by atoms with Gasteiger partial charge in [0.15, 0.2) is 5.78 Å². The van der Waals surface area contributed by atoms with Crippen molar-refractivity contribution in [2.75, 3.05) is 26.3 Å². The van der Waals surface area contributed by atoms with Crippen LogP contribution in [0.15, 0.2) is 28.9 Å². The van der Waals surface area contributed by atoms with E-state index >= 15 is 0 Å². The molecular weight excluding hydrogens is 362 g/mol. The number of nitrogens with two attached hydrogens (primary N) is 1. The zero-order chi connectivity index (χ0) is 19.0. The van der Waals surface area contributed by atoms with E-state index < -0.39 is 0 Å². The number of nitrogens with one attached hydrogen (secondary N) is 1. The summed E-state index contributed by atoms with van der Waals surface area (Å²) in [6, 6.07) is 4.36. The number of aryl methyl sites for hydroxylation is 1. The second-order valence-electron chi connectivity index (χ2n) is 7.31. The van der Waals surface area contributed by atoms with Crippen molar-refractivity contribution in [2.45, 2.75) is 38.6 Å². The smallest absolute Gasteiger partial charge is 0.205 e. The average molecular weight is 386 g/mol. The molecule has 1 saturated heterocycles. The predicted molar refractivity (Wildman–Crippen MR) is 101 cm³/mol. The molecule has 3 aliphatic rings. The maximum atomic E-state index is 12.7. The fourth-order valence-electron chi connectivity index (χ4n) is 4.11. The number of hydrogen-bond donors (Lipinski definition) is 2. The van der Waals surface area contributed by atoms with E-state index in [1.54, 1.807) is 11.3 Å². The first-order valence-electron chi connectivity index (χ1n) is 9.42. The fourth-order valence-corrected chi connectivity index (χ4v) is 5.28. The number of ether oxygens (including phenoxy) is 2. The average Bonchev–Trinajstić information content (AvgIpc) is 3.02. The van der Waals surface area contributed by atoms with Crippen LogP contribution >= 0.6 is 11.3 Å². The van der Waals surface area contributed by atoms with E-state index in [0.717, 1.165) is 44.1 Å². The first kappa shape index (κ1) is 18.2. The molecule has 1 atom stereocenters. The molecule has 1 aromatic rings. The number of rotatable bonds is 3. The molecule has 2 aliphatic heterocycles. The molecule has 142 valence electrons. The number of carbonyl (C=O) groups excluding carboxylic acids is 1. The summed E-state index contributed by atoms with van der Waals surface area (Å²) in [5, 5.41) is 9.69. The molecule has 1 aromatic heterocycles. The number of allylic oxidation sites excluding steroid dienone is 3. The van der Waals surface area contributed by atoms with Crippen LogP contribution in [-0.4, -0.2) is 32.1 Å². The molecule has 1 aliphatic carbocycles. The lowest BCUT2D eigenvalue weighted by Gasteiger charge is -2.30. The van der Waals surface area contributed by atoms with Gasteiger partial charge in [-0.1, -0.05) is 0 Å². The second-order valence-corrected chi connectivity index (χ2v) is 8.60. The molecule has 3 heterocycles. The van der Waals surface area contributed by atoms with Gasteiger partial charge in [0, 0.05) is 33.7 Å². The minimum absolute atomic E-state index is 0.0768. The van der Waals surface area contributed by atoms with Crippen LogP contribution in [0.25, 0.3) is 0 Å². The Kier molecular flexibility index (Phi) is 5.04. The Balaban J connectivity index is 1.70. The molecule has 7 heteroatoms. The maximum Gasteiger partial charge on any atom is 0.205 e. The van der Waals surface area contributed by atoms with Crippen LogP contribution in [0, 0.1) is 18.3 Å². The van der Waals surface area contributed by atoms with E-state index in [9.17, 15) is 10.1 Å². The van der Waals surface area contributed by atoms with Gasteiger partial charge in [-0.2, -0.15) is 5.26 Å². The topological polar surface area (TPSA) is 89.8 Å². The second kappa shape index (κ2) is 7.47. The van der Waals surface area contributed by atoms with Crippen molar-refractivity contribution >= 4 is 17.1 Å². The van der Waals surface area contributed by atoms with Gasteiger partial charge in [0.25, 0.3) is 0 Å². The number of carbonyl (C=O) groups is 1.